The standard InChI is InChI=1S/C6H13N.C3H9N.2H2/c1-6-2-4-7-5-3-6;1-3(2)4;;/h6-7H,2-5H2,1H3;3H,4H2,1-2H3;2*1H. The van der Waals surface area contributed by atoms with Gasteiger partial charge in [-0.25, -0.2) is 0 Å². The summed E-state index contributed by atoms with van der Waals surface area (Å²) in [6.07, 6.45) is 2.75. The van der Waals surface area contributed by atoms with Gasteiger partial charge in [0.05, 0.1) is 0 Å². The number of hydrogen-bond donors (Lipinski definition) is 2. The van der Waals surface area contributed by atoms with Crippen molar-refractivity contribution >= 4 is 0 Å². The minimum absolute atomic E-state index is 0. The zero-order valence-electron chi connectivity index (χ0n) is 8.06. The van der Waals surface area contributed by atoms with Crippen LogP contribution in [0.15, 0.2) is 0 Å². The maximum Gasteiger partial charge on any atom is 0 e. The van der Waals surface area contributed by atoms with Crippen molar-refractivity contribution in [2.45, 2.75) is 39.7 Å². The average molecular weight is 162 g/mol. The lowest BCUT2D eigenvalue weighted by Gasteiger charge is -2.17. The van der Waals surface area contributed by atoms with Crippen molar-refractivity contribution < 1.29 is 2.85 Å². The summed E-state index contributed by atoms with van der Waals surface area (Å²) in [6.45, 7) is 8.68. The minimum atomic E-state index is 0. The topological polar surface area (TPSA) is 38.0 Å². The van der Waals surface area contributed by atoms with Crippen molar-refractivity contribution in [2.75, 3.05) is 13.1 Å². The van der Waals surface area contributed by atoms with Crippen LogP contribution in [-0.4, -0.2) is 19.1 Å². The van der Waals surface area contributed by atoms with Crippen molar-refractivity contribution in [3.63, 3.8) is 0 Å². The molecule has 0 saturated carbocycles. The molecule has 1 saturated heterocycles. The molecule has 0 unspecified atom stereocenters. The maximum atomic E-state index is 5.11. The molecule has 2 heteroatoms. The van der Waals surface area contributed by atoms with Crippen molar-refractivity contribution in [3.8, 4) is 0 Å². The number of nitrogens with two attached hydrogens (primary N) is 1. The van der Waals surface area contributed by atoms with Gasteiger partial charge in [-0.05, 0) is 37.9 Å². The van der Waals surface area contributed by atoms with E-state index >= 15 is 0 Å². The van der Waals surface area contributed by atoms with Gasteiger partial charge in [0.1, 0.15) is 0 Å². The highest BCUT2D eigenvalue weighted by Gasteiger charge is 2.04. The number of nitrogens with one attached hydrogen (secondary N) is 1. The third-order valence-corrected chi connectivity index (χ3v) is 1.63. The molecule has 72 valence electrons. The second kappa shape index (κ2) is 6.62. The molecular weight excluding hydrogens is 136 g/mol. The van der Waals surface area contributed by atoms with Crippen LogP contribution in [0.4, 0.5) is 0 Å². The third kappa shape index (κ3) is 9.92. The number of hydrogen-bond acceptors (Lipinski definition) is 2. The van der Waals surface area contributed by atoms with E-state index in [1.54, 1.807) is 0 Å². The SMILES string of the molecule is CC(C)N.CC1CCNCC1.[HH].[HH]. The van der Waals surface area contributed by atoms with Crippen molar-refractivity contribution in [1.82, 2.24) is 5.32 Å². The highest BCUT2D eigenvalue weighted by molar-refractivity contribution is 4.62. The van der Waals surface area contributed by atoms with Crippen molar-refractivity contribution in [2.24, 2.45) is 11.7 Å². The van der Waals surface area contributed by atoms with Gasteiger partial charge in [0, 0.05) is 2.85 Å². The molecule has 1 fully saturated rings. The molecule has 1 aliphatic rings. The molecule has 1 aliphatic heterocycles. The zero-order valence-corrected chi connectivity index (χ0v) is 8.06. The summed E-state index contributed by atoms with van der Waals surface area (Å²) >= 11 is 0. The van der Waals surface area contributed by atoms with Crippen LogP contribution in [0.25, 0.3) is 0 Å². The summed E-state index contributed by atoms with van der Waals surface area (Å²) in [4.78, 5) is 0. The van der Waals surface area contributed by atoms with Gasteiger partial charge in [-0.15, -0.1) is 0 Å². The van der Waals surface area contributed by atoms with Gasteiger partial charge in [-0.3, -0.25) is 0 Å². The van der Waals surface area contributed by atoms with E-state index in [1.165, 1.54) is 25.9 Å². The fraction of sp³-hybridized carbons (Fsp3) is 1.00. The molecule has 0 aliphatic carbocycles. The van der Waals surface area contributed by atoms with Crippen LogP contribution in [0.3, 0.4) is 0 Å². The van der Waals surface area contributed by atoms with Crippen LogP contribution >= 0.6 is 0 Å². The lowest BCUT2D eigenvalue weighted by atomic mass is 10.0. The lowest BCUT2D eigenvalue weighted by Crippen LogP contribution is -2.26. The number of rotatable bonds is 0. The monoisotopic (exact) mass is 162 g/mol. The van der Waals surface area contributed by atoms with Gasteiger partial charge < -0.3 is 11.1 Å². The Labute approximate surface area is 73.5 Å². The fourth-order valence-corrected chi connectivity index (χ4v) is 0.966. The highest BCUT2D eigenvalue weighted by Crippen LogP contribution is 2.08. The van der Waals surface area contributed by atoms with E-state index in [9.17, 15) is 0 Å². The summed E-state index contributed by atoms with van der Waals surface area (Å²) in [7, 11) is 0. The number of piperidine rings is 1. The van der Waals surface area contributed by atoms with E-state index in [0.29, 0.717) is 6.04 Å². The first-order chi connectivity index (χ1) is 5.13. The molecule has 11 heavy (non-hydrogen) atoms. The van der Waals surface area contributed by atoms with Crippen LogP contribution < -0.4 is 11.1 Å². The molecule has 0 spiro atoms. The Hall–Kier alpha value is -0.0800. The quantitative estimate of drug-likeness (QED) is 0.570. The van der Waals surface area contributed by atoms with E-state index < -0.39 is 0 Å². The Bertz CT molecular complexity index is 80.9. The Morgan fingerprint density at radius 3 is 1.91 bits per heavy atom. The summed E-state index contributed by atoms with van der Waals surface area (Å²) in [5.74, 6) is 0.973. The smallest absolute Gasteiger partial charge is 0 e. The second-order valence-electron chi connectivity index (χ2n) is 3.68. The maximum absolute atomic E-state index is 5.11. The summed E-state index contributed by atoms with van der Waals surface area (Å²) in [5, 5.41) is 3.32. The Balaban J connectivity index is -0.000000150. The minimum Gasteiger partial charge on any atom is -0.328 e. The van der Waals surface area contributed by atoms with Crippen LogP contribution in [0.5, 0.6) is 0 Å². The Kier molecular flexibility index (Phi) is 6.57. The first kappa shape index (κ1) is 10.9. The zero-order chi connectivity index (χ0) is 8.69. The van der Waals surface area contributed by atoms with Crippen molar-refractivity contribution in [3.05, 3.63) is 0 Å². The third-order valence-electron chi connectivity index (χ3n) is 1.63. The predicted octanol–water partition coefficient (Wildman–Crippen LogP) is 1.85. The molecule has 0 aromatic carbocycles. The molecule has 1 rings (SSSR count). The summed E-state index contributed by atoms with van der Waals surface area (Å²) in [6, 6.07) is 0.333. The molecular formula is C9H26N2. The molecule has 0 aromatic rings. The average Bonchev–Trinajstić information content (AvgIpc) is 1.87. The van der Waals surface area contributed by atoms with Gasteiger partial charge in [0.2, 0.25) is 0 Å². The van der Waals surface area contributed by atoms with E-state index in [1.807, 2.05) is 13.8 Å². The van der Waals surface area contributed by atoms with Gasteiger partial charge in [-0.2, -0.15) is 0 Å². The molecule has 0 atom stereocenters. The largest absolute Gasteiger partial charge is 0.328 e. The lowest BCUT2D eigenvalue weighted by molar-refractivity contribution is 0.402. The van der Waals surface area contributed by atoms with Crippen LogP contribution in [0.1, 0.15) is 36.5 Å². The van der Waals surface area contributed by atoms with Gasteiger partial charge in [0.25, 0.3) is 0 Å². The second-order valence-corrected chi connectivity index (χ2v) is 3.68. The first-order valence-electron chi connectivity index (χ1n) is 4.59. The predicted molar refractivity (Wildman–Crippen MR) is 54.8 cm³/mol. The van der Waals surface area contributed by atoms with Gasteiger partial charge >= 0.3 is 0 Å². The summed E-state index contributed by atoms with van der Waals surface area (Å²) < 4.78 is 0. The molecule has 3 N–H and O–H groups in total. The molecule has 0 bridgehead atoms. The van der Waals surface area contributed by atoms with E-state index in [2.05, 4.69) is 12.2 Å². The fourth-order valence-electron chi connectivity index (χ4n) is 0.966. The molecule has 0 amide bonds. The normalized spacial score (nSPS) is 19.4. The summed E-state index contributed by atoms with van der Waals surface area (Å²) in [5.41, 5.74) is 5.11. The van der Waals surface area contributed by atoms with Gasteiger partial charge in [0.15, 0.2) is 0 Å². The molecule has 2 nitrogen and oxygen atoms in total. The van der Waals surface area contributed by atoms with Crippen LogP contribution in [0.2, 0.25) is 0 Å². The van der Waals surface area contributed by atoms with Crippen LogP contribution in [-0.2, 0) is 0 Å². The first-order valence-corrected chi connectivity index (χ1v) is 4.59. The van der Waals surface area contributed by atoms with Gasteiger partial charge in [-0.1, -0.05) is 20.8 Å². The van der Waals surface area contributed by atoms with E-state index in [4.69, 9.17) is 5.73 Å². The van der Waals surface area contributed by atoms with E-state index in [0.717, 1.165) is 5.92 Å². The van der Waals surface area contributed by atoms with E-state index in [-0.39, 0.29) is 2.85 Å². The highest BCUT2D eigenvalue weighted by atomic mass is 14.9. The Morgan fingerprint density at radius 1 is 1.36 bits per heavy atom. The van der Waals surface area contributed by atoms with Crippen molar-refractivity contribution in [1.29, 1.82) is 0 Å². The molecule has 0 radical (unpaired) electrons. The molecule has 1 heterocycles. The van der Waals surface area contributed by atoms with Crippen LogP contribution in [0, 0.1) is 5.92 Å². The molecule has 0 aromatic heterocycles. The Morgan fingerprint density at radius 2 is 1.73 bits per heavy atom.